The van der Waals surface area contributed by atoms with E-state index >= 15 is 0 Å². The van der Waals surface area contributed by atoms with Crippen LogP contribution in [0.15, 0.2) is 52.3 Å². The maximum Gasteiger partial charge on any atom is 0.0425 e. The number of likely N-dealkylation sites (tertiary alicyclic amines) is 1. The van der Waals surface area contributed by atoms with Crippen LogP contribution in [0.3, 0.4) is 0 Å². The summed E-state index contributed by atoms with van der Waals surface area (Å²) in [4.78, 5) is 6.47. The highest BCUT2D eigenvalue weighted by Gasteiger charge is 2.35. The Kier molecular flexibility index (Phi) is 9.44. The third kappa shape index (κ3) is 4.45. The predicted molar refractivity (Wildman–Crippen MR) is 96.6 cm³/mol. The molecular formula is C19H32N2. The van der Waals surface area contributed by atoms with E-state index in [1.54, 1.807) is 7.05 Å². The van der Waals surface area contributed by atoms with Crippen molar-refractivity contribution in [3.63, 3.8) is 0 Å². The normalized spacial score (nSPS) is 27.0. The van der Waals surface area contributed by atoms with Crippen LogP contribution < -0.4 is 0 Å². The molecule has 2 atom stereocenters. The van der Waals surface area contributed by atoms with Crippen molar-refractivity contribution in [2.75, 3.05) is 7.05 Å². The minimum Gasteiger partial charge on any atom is -0.338 e. The molecule has 0 aromatic heterocycles. The van der Waals surface area contributed by atoms with E-state index in [9.17, 15) is 0 Å². The van der Waals surface area contributed by atoms with Crippen molar-refractivity contribution in [2.45, 2.75) is 54.5 Å². The molecule has 118 valence electrons. The maximum atomic E-state index is 4.07. The van der Waals surface area contributed by atoms with Crippen LogP contribution in [0, 0.1) is 5.92 Å². The Morgan fingerprint density at radius 1 is 1.10 bits per heavy atom. The summed E-state index contributed by atoms with van der Waals surface area (Å²) in [5, 5.41) is 0. The van der Waals surface area contributed by atoms with Gasteiger partial charge in [-0.05, 0) is 45.4 Å². The Morgan fingerprint density at radius 3 is 2.14 bits per heavy atom. The Morgan fingerprint density at radius 2 is 1.71 bits per heavy atom. The first-order chi connectivity index (χ1) is 10.1. The van der Waals surface area contributed by atoms with Crippen LogP contribution in [-0.4, -0.2) is 24.2 Å². The second-order valence-electron chi connectivity index (χ2n) is 4.82. The number of rotatable bonds is 3. The van der Waals surface area contributed by atoms with Gasteiger partial charge in [-0.3, -0.25) is 4.99 Å². The molecule has 0 radical (unpaired) electrons. The highest BCUT2D eigenvalue weighted by atomic mass is 15.2. The Hall–Kier alpha value is -1.57. The lowest BCUT2D eigenvalue weighted by Crippen LogP contribution is -2.27. The fourth-order valence-electron chi connectivity index (χ4n) is 2.70. The van der Waals surface area contributed by atoms with E-state index in [1.807, 2.05) is 27.0 Å². The van der Waals surface area contributed by atoms with E-state index in [2.05, 4.69) is 68.0 Å². The molecule has 0 spiro atoms. The van der Waals surface area contributed by atoms with Crippen LogP contribution in [0.2, 0.25) is 0 Å². The molecule has 0 aliphatic carbocycles. The van der Waals surface area contributed by atoms with Gasteiger partial charge < -0.3 is 4.90 Å². The van der Waals surface area contributed by atoms with E-state index in [0.717, 1.165) is 0 Å². The summed E-state index contributed by atoms with van der Waals surface area (Å²) < 4.78 is 0. The molecule has 1 aliphatic rings. The zero-order chi connectivity index (χ0) is 16.4. The number of nitrogens with zero attached hydrogens (tertiary/aromatic N) is 2. The molecule has 0 bridgehead atoms. The van der Waals surface area contributed by atoms with Crippen LogP contribution in [0.25, 0.3) is 0 Å². The molecule has 1 heterocycles. The van der Waals surface area contributed by atoms with Gasteiger partial charge in [0.2, 0.25) is 0 Å². The Bertz CT molecular complexity index is 450. The van der Waals surface area contributed by atoms with Crippen molar-refractivity contribution in [3.8, 4) is 0 Å². The molecule has 1 rings (SSSR count). The molecular weight excluding hydrogens is 256 g/mol. The van der Waals surface area contributed by atoms with Gasteiger partial charge in [0.25, 0.3) is 0 Å². The Balaban J connectivity index is 0.00000191. The lowest BCUT2D eigenvalue weighted by molar-refractivity contribution is 0.349. The van der Waals surface area contributed by atoms with E-state index in [1.165, 1.54) is 17.0 Å². The monoisotopic (exact) mass is 288 g/mol. The number of aliphatic imine (C=N–C) groups is 1. The van der Waals surface area contributed by atoms with Gasteiger partial charge in [-0.15, -0.1) is 0 Å². The van der Waals surface area contributed by atoms with Crippen molar-refractivity contribution in [2.24, 2.45) is 10.9 Å². The van der Waals surface area contributed by atoms with Crippen LogP contribution in [-0.2, 0) is 0 Å². The van der Waals surface area contributed by atoms with Gasteiger partial charge in [-0.2, -0.15) is 0 Å². The highest BCUT2D eigenvalue weighted by molar-refractivity contribution is 5.73. The van der Waals surface area contributed by atoms with E-state index in [0.29, 0.717) is 12.0 Å². The lowest BCUT2D eigenvalue weighted by Gasteiger charge is -2.27. The standard InChI is InChI=1S/C17H26N2.C2H6/c1-7-10-15(11-12-18-6)19-14(5)13(4)16(8-2)17(19)9-3;1-2/h7-14H,1-6H3;1-2H3/b10-7-,15-11+,16-8-,17-9+,18-12?;. The molecule has 0 aromatic carbocycles. The lowest BCUT2D eigenvalue weighted by atomic mass is 9.98. The smallest absolute Gasteiger partial charge is 0.0425 e. The van der Waals surface area contributed by atoms with Gasteiger partial charge >= 0.3 is 0 Å². The average molecular weight is 288 g/mol. The summed E-state index contributed by atoms with van der Waals surface area (Å²) in [6.07, 6.45) is 12.6. The van der Waals surface area contributed by atoms with Crippen molar-refractivity contribution >= 4 is 6.21 Å². The molecule has 0 amide bonds. The van der Waals surface area contributed by atoms with Crippen LogP contribution in [0.4, 0.5) is 0 Å². The van der Waals surface area contributed by atoms with Crippen molar-refractivity contribution in [3.05, 3.63) is 47.3 Å². The summed E-state index contributed by atoms with van der Waals surface area (Å²) in [6.45, 7) is 14.9. The summed E-state index contributed by atoms with van der Waals surface area (Å²) >= 11 is 0. The van der Waals surface area contributed by atoms with Crippen molar-refractivity contribution in [1.29, 1.82) is 0 Å². The Labute approximate surface area is 131 Å². The third-order valence-electron chi connectivity index (χ3n) is 3.77. The zero-order valence-electron chi connectivity index (χ0n) is 15.0. The molecule has 2 heteroatoms. The maximum absolute atomic E-state index is 4.07. The van der Waals surface area contributed by atoms with Crippen LogP contribution in [0.1, 0.15) is 48.5 Å². The minimum atomic E-state index is 0.463. The highest BCUT2D eigenvalue weighted by Crippen LogP contribution is 2.40. The van der Waals surface area contributed by atoms with Crippen molar-refractivity contribution < 1.29 is 0 Å². The summed E-state index contributed by atoms with van der Waals surface area (Å²) in [5.74, 6) is 0.545. The van der Waals surface area contributed by atoms with Gasteiger partial charge in [-0.25, -0.2) is 0 Å². The molecule has 1 saturated heterocycles. The SMILES string of the molecule is C/C=C\C(=C/C=NC)N1C(=C/C)/C(=C\C)C(C)C1C.CC. The average Bonchev–Trinajstić information content (AvgIpc) is 2.76. The zero-order valence-corrected chi connectivity index (χ0v) is 15.0. The van der Waals surface area contributed by atoms with Gasteiger partial charge in [0, 0.05) is 36.6 Å². The summed E-state index contributed by atoms with van der Waals surface area (Å²) in [7, 11) is 1.80. The first-order valence-electron chi connectivity index (χ1n) is 7.99. The van der Waals surface area contributed by atoms with E-state index in [-0.39, 0.29) is 0 Å². The molecule has 0 saturated carbocycles. The molecule has 0 aromatic rings. The number of hydrogen-bond donors (Lipinski definition) is 0. The predicted octanol–water partition coefficient (Wildman–Crippen LogP) is 5.36. The third-order valence-corrected chi connectivity index (χ3v) is 3.77. The van der Waals surface area contributed by atoms with Gasteiger partial charge in [0.05, 0.1) is 0 Å². The number of hydrogen-bond acceptors (Lipinski definition) is 2. The first-order valence-corrected chi connectivity index (χ1v) is 7.99. The minimum absolute atomic E-state index is 0.463. The topological polar surface area (TPSA) is 15.6 Å². The van der Waals surface area contributed by atoms with Gasteiger partial charge in [0.1, 0.15) is 0 Å². The fourth-order valence-corrected chi connectivity index (χ4v) is 2.70. The van der Waals surface area contributed by atoms with Crippen molar-refractivity contribution in [1.82, 2.24) is 4.90 Å². The van der Waals surface area contributed by atoms with Crippen LogP contribution >= 0.6 is 0 Å². The first kappa shape index (κ1) is 19.4. The largest absolute Gasteiger partial charge is 0.338 e. The quantitative estimate of drug-likeness (QED) is 0.504. The summed E-state index contributed by atoms with van der Waals surface area (Å²) in [5.41, 5.74) is 3.94. The van der Waals surface area contributed by atoms with Gasteiger partial charge in [0.15, 0.2) is 0 Å². The molecule has 1 fully saturated rings. The molecule has 21 heavy (non-hydrogen) atoms. The molecule has 2 nitrogen and oxygen atoms in total. The summed E-state index contributed by atoms with van der Waals surface area (Å²) in [6, 6.07) is 0.463. The van der Waals surface area contributed by atoms with Crippen LogP contribution in [0.5, 0.6) is 0 Å². The van der Waals surface area contributed by atoms with Gasteiger partial charge in [-0.1, -0.05) is 39.0 Å². The fraction of sp³-hybridized carbons (Fsp3) is 0.526. The molecule has 0 N–H and O–H groups in total. The second-order valence-corrected chi connectivity index (χ2v) is 4.82. The van der Waals surface area contributed by atoms with E-state index < -0.39 is 0 Å². The second kappa shape index (κ2) is 10.2. The van der Waals surface area contributed by atoms with E-state index in [4.69, 9.17) is 0 Å². The number of allylic oxidation sites excluding steroid dienone is 6. The molecule has 2 unspecified atom stereocenters. The molecule has 1 aliphatic heterocycles.